The highest BCUT2D eigenvalue weighted by atomic mass is 79.9. The molecular weight excluding hydrogens is 385 g/mol. The van der Waals surface area contributed by atoms with Crippen molar-refractivity contribution in [1.82, 2.24) is 0 Å². The van der Waals surface area contributed by atoms with Crippen molar-refractivity contribution >= 4 is 54.8 Å². The summed E-state index contributed by atoms with van der Waals surface area (Å²) in [4.78, 5) is 1.25. The molecule has 0 fully saturated rings. The molecule has 2 N–H and O–H groups in total. The molecule has 0 aliphatic carbocycles. The summed E-state index contributed by atoms with van der Waals surface area (Å²) >= 11 is 14.7. The molecule has 1 unspecified atom stereocenters. The van der Waals surface area contributed by atoms with Gasteiger partial charge in [0.1, 0.15) is 0 Å². The first-order chi connectivity index (χ1) is 8.06. The van der Waals surface area contributed by atoms with E-state index in [1.165, 1.54) is 4.88 Å². The maximum atomic E-state index is 6.18. The number of halogens is 3. The Morgan fingerprint density at radius 2 is 2.00 bits per heavy atom. The third-order valence-electron chi connectivity index (χ3n) is 2.41. The summed E-state index contributed by atoms with van der Waals surface area (Å²) in [6.07, 6.45) is 0.803. The van der Waals surface area contributed by atoms with Gasteiger partial charge in [0.2, 0.25) is 0 Å². The molecule has 17 heavy (non-hydrogen) atoms. The van der Waals surface area contributed by atoms with Gasteiger partial charge in [-0.2, -0.15) is 0 Å². The summed E-state index contributed by atoms with van der Waals surface area (Å²) < 4.78 is 2.10. The lowest BCUT2D eigenvalue weighted by molar-refractivity contribution is 0.730. The van der Waals surface area contributed by atoms with Gasteiger partial charge in [-0.25, -0.2) is 0 Å². The van der Waals surface area contributed by atoms with Crippen LogP contribution in [-0.4, -0.2) is 0 Å². The fourth-order valence-corrected chi connectivity index (χ4v) is 3.95. The predicted octanol–water partition coefficient (Wildman–Crippen LogP) is 5.17. The Bertz CT molecular complexity index is 527. The topological polar surface area (TPSA) is 26.0 Å². The second kappa shape index (κ2) is 5.85. The summed E-state index contributed by atoms with van der Waals surface area (Å²) in [7, 11) is 0. The van der Waals surface area contributed by atoms with Gasteiger partial charge in [-0.15, -0.1) is 11.3 Å². The minimum absolute atomic E-state index is 0.0684. The van der Waals surface area contributed by atoms with Crippen molar-refractivity contribution in [2.45, 2.75) is 12.5 Å². The Kier molecular flexibility index (Phi) is 4.66. The molecule has 1 aromatic heterocycles. The van der Waals surface area contributed by atoms with E-state index in [2.05, 4.69) is 37.9 Å². The minimum atomic E-state index is -0.0684. The summed E-state index contributed by atoms with van der Waals surface area (Å²) in [6, 6.07) is 9.87. The zero-order valence-corrected chi connectivity index (χ0v) is 13.5. The molecule has 1 nitrogen and oxygen atoms in total. The lowest BCUT2D eigenvalue weighted by Gasteiger charge is -2.12. The molecule has 0 saturated heterocycles. The van der Waals surface area contributed by atoms with Crippen molar-refractivity contribution in [1.29, 1.82) is 0 Å². The number of hydrogen-bond acceptors (Lipinski definition) is 2. The van der Waals surface area contributed by atoms with Gasteiger partial charge < -0.3 is 5.73 Å². The van der Waals surface area contributed by atoms with Gasteiger partial charge in [0.15, 0.2) is 0 Å². The van der Waals surface area contributed by atoms with Gasteiger partial charge >= 0.3 is 0 Å². The van der Waals surface area contributed by atoms with Crippen LogP contribution in [0.5, 0.6) is 0 Å². The molecule has 0 aliphatic heterocycles. The van der Waals surface area contributed by atoms with Crippen LogP contribution >= 0.6 is 54.8 Å². The zero-order valence-electron chi connectivity index (χ0n) is 8.79. The molecule has 90 valence electrons. The van der Waals surface area contributed by atoms with E-state index in [-0.39, 0.29) is 6.04 Å². The van der Waals surface area contributed by atoms with Crippen LogP contribution in [0.2, 0.25) is 5.02 Å². The highest BCUT2D eigenvalue weighted by Crippen LogP contribution is 2.30. The summed E-state index contributed by atoms with van der Waals surface area (Å²) in [5.74, 6) is 0. The normalized spacial score (nSPS) is 12.7. The first-order valence-corrected chi connectivity index (χ1v) is 7.79. The van der Waals surface area contributed by atoms with Crippen LogP contribution in [0.25, 0.3) is 0 Å². The highest BCUT2D eigenvalue weighted by Gasteiger charge is 2.12. The molecule has 0 bridgehead atoms. The molecular formula is C12H10Br2ClNS. The largest absolute Gasteiger partial charge is 0.324 e. The number of benzene rings is 1. The Morgan fingerprint density at radius 1 is 1.24 bits per heavy atom. The molecule has 1 heterocycles. The molecule has 0 radical (unpaired) electrons. The maximum Gasteiger partial charge on any atom is 0.0701 e. The van der Waals surface area contributed by atoms with E-state index in [0.717, 1.165) is 20.2 Å². The van der Waals surface area contributed by atoms with Crippen molar-refractivity contribution in [3.8, 4) is 0 Å². The third-order valence-corrected chi connectivity index (χ3v) is 4.88. The molecule has 0 aliphatic rings. The fourth-order valence-electron chi connectivity index (χ4n) is 1.59. The van der Waals surface area contributed by atoms with Gasteiger partial charge in [0.05, 0.1) is 3.79 Å². The molecule has 5 heteroatoms. The Balaban J connectivity index is 2.17. The zero-order chi connectivity index (χ0) is 12.4. The van der Waals surface area contributed by atoms with Crippen molar-refractivity contribution in [2.24, 2.45) is 5.73 Å². The third kappa shape index (κ3) is 3.55. The summed E-state index contributed by atoms with van der Waals surface area (Å²) in [5.41, 5.74) is 7.16. The van der Waals surface area contributed by atoms with E-state index in [9.17, 15) is 0 Å². The van der Waals surface area contributed by atoms with Crippen LogP contribution in [0.3, 0.4) is 0 Å². The van der Waals surface area contributed by atoms with Crippen molar-refractivity contribution in [3.63, 3.8) is 0 Å². The van der Waals surface area contributed by atoms with E-state index >= 15 is 0 Å². The van der Waals surface area contributed by atoms with Crippen LogP contribution in [-0.2, 0) is 6.42 Å². The fraction of sp³-hybridized carbons (Fsp3) is 0.167. The molecule has 0 spiro atoms. The van der Waals surface area contributed by atoms with Gasteiger partial charge in [0, 0.05) is 26.8 Å². The van der Waals surface area contributed by atoms with E-state index in [0.29, 0.717) is 5.02 Å². The Morgan fingerprint density at radius 3 is 2.59 bits per heavy atom. The van der Waals surface area contributed by atoms with Crippen LogP contribution < -0.4 is 5.73 Å². The Hall–Kier alpha value is 0.130. The second-order valence-electron chi connectivity index (χ2n) is 3.68. The van der Waals surface area contributed by atoms with Crippen LogP contribution in [0, 0.1) is 0 Å². The van der Waals surface area contributed by atoms with Gasteiger partial charge in [-0.1, -0.05) is 33.6 Å². The molecule has 1 aromatic carbocycles. The summed E-state index contributed by atoms with van der Waals surface area (Å²) in [6.45, 7) is 0. The SMILES string of the molecule is NC(Cc1ccc(Br)s1)c1ccc(Br)cc1Cl. The Labute approximate surface area is 126 Å². The van der Waals surface area contributed by atoms with Crippen LogP contribution in [0.1, 0.15) is 16.5 Å². The smallest absolute Gasteiger partial charge is 0.0701 e. The molecule has 2 aromatic rings. The van der Waals surface area contributed by atoms with Crippen molar-refractivity contribution in [3.05, 3.63) is 54.1 Å². The highest BCUT2D eigenvalue weighted by molar-refractivity contribution is 9.11. The van der Waals surface area contributed by atoms with E-state index in [1.807, 2.05) is 24.3 Å². The second-order valence-corrected chi connectivity index (χ2v) is 7.55. The monoisotopic (exact) mass is 393 g/mol. The first kappa shape index (κ1) is 13.6. The average Bonchev–Trinajstić information content (AvgIpc) is 2.63. The minimum Gasteiger partial charge on any atom is -0.324 e. The number of rotatable bonds is 3. The average molecular weight is 396 g/mol. The predicted molar refractivity (Wildman–Crippen MR) is 81.8 cm³/mol. The maximum absolute atomic E-state index is 6.18. The standard InChI is InChI=1S/C12H10Br2ClNS/c13-7-1-3-9(10(15)5-7)11(16)6-8-2-4-12(14)17-8/h1-5,11H,6,16H2. The number of thiophene rings is 1. The van der Waals surface area contributed by atoms with E-state index in [4.69, 9.17) is 17.3 Å². The van der Waals surface area contributed by atoms with Gasteiger partial charge in [-0.3, -0.25) is 0 Å². The van der Waals surface area contributed by atoms with Crippen molar-refractivity contribution < 1.29 is 0 Å². The van der Waals surface area contributed by atoms with Crippen LogP contribution in [0.4, 0.5) is 0 Å². The van der Waals surface area contributed by atoms with Crippen molar-refractivity contribution in [2.75, 3.05) is 0 Å². The molecule has 2 rings (SSSR count). The van der Waals surface area contributed by atoms with Crippen LogP contribution in [0.15, 0.2) is 38.6 Å². The first-order valence-electron chi connectivity index (χ1n) is 5.01. The number of hydrogen-bond donors (Lipinski definition) is 1. The summed E-state index contributed by atoms with van der Waals surface area (Å²) in [5, 5.41) is 0.711. The molecule has 1 atom stereocenters. The lowest BCUT2D eigenvalue weighted by Crippen LogP contribution is -2.13. The van der Waals surface area contributed by atoms with Gasteiger partial charge in [-0.05, 0) is 45.8 Å². The number of nitrogens with two attached hydrogens (primary N) is 1. The molecule has 0 saturated carbocycles. The quantitative estimate of drug-likeness (QED) is 0.762. The van der Waals surface area contributed by atoms with E-state index < -0.39 is 0 Å². The van der Waals surface area contributed by atoms with Gasteiger partial charge in [0.25, 0.3) is 0 Å². The van der Waals surface area contributed by atoms with E-state index in [1.54, 1.807) is 11.3 Å². The molecule has 0 amide bonds. The lowest BCUT2D eigenvalue weighted by atomic mass is 10.0.